The average Bonchev–Trinajstić information content (AvgIpc) is 3.29. The summed E-state index contributed by atoms with van der Waals surface area (Å²) in [5.74, 6) is 1.14. The van der Waals surface area contributed by atoms with Crippen LogP contribution in [0.4, 0.5) is 11.9 Å². The molecule has 0 saturated carbocycles. The van der Waals surface area contributed by atoms with Crippen LogP contribution in [-0.2, 0) is 11.8 Å². The Morgan fingerprint density at radius 1 is 1.12 bits per heavy atom. The first-order valence-electron chi connectivity index (χ1n) is 8.96. The lowest BCUT2D eigenvalue weighted by atomic mass is 9.77. The second-order valence-corrected chi connectivity index (χ2v) is 7.13. The van der Waals surface area contributed by atoms with Gasteiger partial charge in [0.05, 0.1) is 11.4 Å². The lowest BCUT2D eigenvalue weighted by Crippen LogP contribution is -2.46. The minimum Gasteiger partial charge on any atom is -0.368 e. The molecule has 0 bridgehead atoms. The highest BCUT2D eigenvalue weighted by molar-refractivity contribution is 5.45. The van der Waals surface area contributed by atoms with Gasteiger partial charge in [0.25, 0.3) is 0 Å². The quantitative estimate of drug-likeness (QED) is 0.749. The van der Waals surface area contributed by atoms with Crippen LogP contribution < -0.4 is 10.6 Å². The lowest BCUT2D eigenvalue weighted by molar-refractivity contribution is 0.331. The summed E-state index contributed by atoms with van der Waals surface area (Å²) < 4.78 is 1.81. The van der Waals surface area contributed by atoms with Gasteiger partial charge in [0.15, 0.2) is 0 Å². The van der Waals surface area contributed by atoms with Crippen LogP contribution in [0.3, 0.4) is 0 Å². The molecule has 0 radical (unpaired) electrons. The number of nitrogens with zero attached hydrogens (tertiary/aromatic N) is 7. The Morgan fingerprint density at radius 2 is 2.00 bits per heavy atom. The van der Waals surface area contributed by atoms with Crippen LogP contribution in [0.25, 0.3) is 5.69 Å². The number of aromatic nitrogens is 6. The molecule has 1 atom stereocenters. The highest BCUT2D eigenvalue weighted by Crippen LogP contribution is 2.44. The molecule has 2 N–H and O–H groups in total. The monoisotopic (exact) mass is 348 g/mol. The Bertz CT molecular complexity index is 933. The van der Waals surface area contributed by atoms with Crippen LogP contribution in [0.1, 0.15) is 30.5 Å². The van der Waals surface area contributed by atoms with E-state index in [0.717, 1.165) is 56.1 Å². The highest BCUT2D eigenvalue weighted by Gasteiger charge is 2.44. The molecule has 1 aliphatic carbocycles. The van der Waals surface area contributed by atoms with Crippen LogP contribution >= 0.6 is 0 Å². The van der Waals surface area contributed by atoms with Gasteiger partial charge in [-0.05, 0) is 53.8 Å². The number of benzene rings is 1. The number of hydrogen-bond donors (Lipinski definition) is 1. The van der Waals surface area contributed by atoms with Gasteiger partial charge >= 0.3 is 0 Å². The van der Waals surface area contributed by atoms with Crippen molar-refractivity contribution in [2.45, 2.75) is 31.1 Å². The van der Waals surface area contributed by atoms with Crippen LogP contribution in [0, 0.1) is 0 Å². The number of aryl methyl sites for hydroxylation is 1. The van der Waals surface area contributed by atoms with E-state index in [1.54, 1.807) is 0 Å². The molecule has 8 nitrogen and oxygen atoms in total. The summed E-state index contributed by atoms with van der Waals surface area (Å²) in [6.45, 7) is 1.79. The van der Waals surface area contributed by atoms with Crippen molar-refractivity contribution in [2.24, 2.45) is 0 Å². The lowest BCUT2D eigenvalue weighted by Gasteiger charge is -2.40. The molecule has 1 saturated heterocycles. The maximum Gasteiger partial charge on any atom is 0.250 e. The van der Waals surface area contributed by atoms with Crippen molar-refractivity contribution in [3.8, 4) is 5.69 Å². The van der Waals surface area contributed by atoms with Crippen LogP contribution in [0.5, 0.6) is 0 Å². The second kappa shape index (κ2) is 5.76. The van der Waals surface area contributed by atoms with Crippen molar-refractivity contribution < 1.29 is 0 Å². The van der Waals surface area contributed by atoms with Gasteiger partial charge in [0.2, 0.25) is 11.9 Å². The number of nitrogen functional groups attached to an aromatic ring is 1. The molecule has 1 unspecified atom stereocenters. The van der Waals surface area contributed by atoms with E-state index in [2.05, 4.69) is 30.4 Å². The Labute approximate surface area is 151 Å². The van der Waals surface area contributed by atoms with Crippen LogP contribution in [-0.4, -0.2) is 43.3 Å². The first kappa shape index (κ1) is 15.2. The zero-order chi connectivity index (χ0) is 17.6. The molecular weight excluding hydrogens is 328 g/mol. The fraction of sp³-hybridized carbons (Fsp3) is 0.389. The molecule has 1 aromatic carbocycles. The largest absolute Gasteiger partial charge is 0.368 e. The van der Waals surface area contributed by atoms with E-state index in [1.807, 2.05) is 41.2 Å². The predicted molar refractivity (Wildman–Crippen MR) is 97.0 cm³/mol. The fourth-order valence-electron chi connectivity index (χ4n) is 4.37. The Morgan fingerprint density at radius 3 is 2.88 bits per heavy atom. The first-order valence-corrected chi connectivity index (χ1v) is 8.96. The second-order valence-electron chi connectivity index (χ2n) is 7.13. The van der Waals surface area contributed by atoms with Crippen molar-refractivity contribution >= 4 is 11.9 Å². The third-order valence-electron chi connectivity index (χ3n) is 5.57. The summed E-state index contributed by atoms with van der Waals surface area (Å²) in [5, 5.41) is 12.4. The smallest absolute Gasteiger partial charge is 0.250 e. The Balaban J connectivity index is 1.51. The SMILES string of the molecule is Nc1ncc2c(n1)C1(CCCN(c3nnnn3-c3ccccc3)C1)CC2. The third kappa shape index (κ3) is 2.33. The molecule has 5 rings (SSSR count). The standard InChI is InChI=1S/C18H20N8/c19-16-20-11-13-7-9-18(15(13)21-16)8-4-10-25(12-18)17-22-23-24-26(17)14-5-2-1-3-6-14/h1-3,5-6,11H,4,7-10,12H2,(H2,19,20,21). The molecule has 2 aromatic heterocycles. The van der Waals surface area contributed by atoms with Crippen molar-refractivity contribution in [2.75, 3.05) is 23.7 Å². The molecule has 3 heterocycles. The van der Waals surface area contributed by atoms with E-state index in [4.69, 9.17) is 5.73 Å². The van der Waals surface area contributed by atoms with Crippen molar-refractivity contribution in [1.29, 1.82) is 0 Å². The fourth-order valence-corrected chi connectivity index (χ4v) is 4.37. The molecular formula is C18H20N8. The summed E-state index contributed by atoms with van der Waals surface area (Å²) in [6.07, 6.45) is 6.15. The van der Waals surface area contributed by atoms with Gasteiger partial charge in [-0.1, -0.05) is 23.3 Å². The molecule has 2 aliphatic rings. The minimum atomic E-state index is 0.0120. The predicted octanol–water partition coefficient (Wildman–Crippen LogP) is 1.52. The van der Waals surface area contributed by atoms with Gasteiger partial charge in [-0.15, -0.1) is 0 Å². The summed E-state index contributed by atoms with van der Waals surface area (Å²) in [6, 6.07) is 10.00. The van der Waals surface area contributed by atoms with Crippen molar-refractivity contribution in [3.63, 3.8) is 0 Å². The Hall–Kier alpha value is -3.03. The summed E-state index contributed by atoms with van der Waals surface area (Å²) in [5.41, 5.74) is 9.20. The normalized spacial score (nSPS) is 21.9. The van der Waals surface area contributed by atoms with Gasteiger partial charge < -0.3 is 10.6 Å². The number of nitrogens with two attached hydrogens (primary N) is 1. The van der Waals surface area contributed by atoms with Crippen molar-refractivity contribution in [1.82, 2.24) is 30.2 Å². The number of piperidine rings is 1. The van der Waals surface area contributed by atoms with E-state index >= 15 is 0 Å². The third-order valence-corrected chi connectivity index (χ3v) is 5.57. The first-order chi connectivity index (χ1) is 12.8. The van der Waals surface area contributed by atoms with Crippen molar-refractivity contribution in [3.05, 3.63) is 47.8 Å². The van der Waals surface area contributed by atoms with Gasteiger partial charge in [0, 0.05) is 24.7 Å². The number of para-hydroxylation sites is 1. The minimum absolute atomic E-state index is 0.0120. The molecule has 1 fully saturated rings. The maximum atomic E-state index is 5.88. The van der Waals surface area contributed by atoms with Gasteiger partial charge in [-0.25, -0.2) is 9.97 Å². The molecule has 26 heavy (non-hydrogen) atoms. The number of anilines is 2. The zero-order valence-electron chi connectivity index (χ0n) is 14.4. The number of fused-ring (bicyclic) bond motifs is 2. The van der Waals surface area contributed by atoms with E-state index in [1.165, 1.54) is 5.56 Å². The van der Waals surface area contributed by atoms with Gasteiger partial charge in [-0.2, -0.15) is 4.68 Å². The topological polar surface area (TPSA) is 98.6 Å². The molecule has 3 aromatic rings. The van der Waals surface area contributed by atoms with Crippen LogP contribution in [0.2, 0.25) is 0 Å². The van der Waals surface area contributed by atoms with Crippen LogP contribution in [0.15, 0.2) is 36.5 Å². The van der Waals surface area contributed by atoms with E-state index in [9.17, 15) is 0 Å². The number of tetrazole rings is 1. The van der Waals surface area contributed by atoms with E-state index in [-0.39, 0.29) is 5.41 Å². The number of hydrogen-bond acceptors (Lipinski definition) is 7. The maximum absolute atomic E-state index is 5.88. The zero-order valence-corrected chi connectivity index (χ0v) is 14.4. The molecule has 8 heteroatoms. The summed E-state index contributed by atoms with van der Waals surface area (Å²) >= 11 is 0. The van der Waals surface area contributed by atoms with Gasteiger partial charge in [0.1, 0.15) is 0 Å². The van der Waals surface area contributed by atoms with Gasteiger partial charge in [-0.3, -0.25) is 0 Å². The molecule has 0 amide bonds. The molecule has 1 aliphatic heterocycles. The molecule has 1 spiro atoms. The Kier molecular flexibility index (Phi) is 3.37. The molecule has 132 valence electrons. The van der Waals surface area contributed by atoms with E-state index in [0.29, 0.717) is 5.95 Å². The van der Waals surface area contributed by atoms with E-state index < -0.39 is 0 Å². The number of rotatable bonds is 2. The summed E-state index contributed by atoms with van der Waals surface area (Å²) in [7, 11) is 0. The summed E-state index contributed by atoms with van der Waals surface area (Å²) in [4.78, 5) is 11.1. The highest BCUT2D eigenvalue weighted by atomic mass is 15.6. The average molecular weight is 348 g/mol.